The summed E-state index contributed by atoms with van der Waals surface area (Å²) < 4.78 is 13.6. The molecule has 1 aromatic rings. The number of carbonyl (C=O) groups is 2. The van der Waals surface area contributed by atoms with Crippen molar-refractivity contribution in [3.8, 4) is 6.07 Å². The number of nitrogens with two attached hydrogens (primary N) is 1. The van der Waals surface area contributed by atoms with Crippen molar-refractivity contribution in [1.29, 1.82) is 5.26 Å². The molecule has 180 valence electrons. The van der Waals surface area contributed by atoms with Crippen LogP contribution in [0.4, 0.5) is 4.39 Å². The van der Waals surface area contributed by atoms with Crippen molar-refractivity contribution in [3.05, 3.63) is 35.6 Å². The van der Waals surface area contributed by atoms with Gasteiger partial charge in [-0.2, -0.15) is 5.26 Å². The number of likely N-dealkylation sites (tertiary alicyclic amines) is 3. The Morgan fingerprint density at radius 3 is 2.59 bits per heavy atom. The fraction of sp³-hybridized carbons (Fsp3) is 0.654. The lowest BCUT2D eigenvalue weighted by atomic mass is 9.89. The van der Waals surface area contributed by atoms with Crippen molar-refractivity contribution < 1.29 is 14.0 Å². The number of benzene rings is 1. The fourth-order valence-electron chi connectivity index (χ4n) is 7.26. The first-order valence-electron chi connectivity index (χ1n) is 12.8. The summed E-state index contributed by atoms with van der Waals surface area (Å²) in [6.45, 7) is 1.05. The predicted molar refractivity (Wildman–Crippen MR) is 122 cm³/mol. The molecule has 0 aromatic heterocycles. The van der Waals surface area contributed by atoms with Crippen LogP contribution in [-0.2, 0) is 9.59 Å². The number of hydrogen-bond acceptors (Lipinski definition) is 5. The Balaban J connectivity index is 1.16. The maximum atomic E-state index is 13.6. The van der Waals surface area contributed by atoms with Gasteiger partial charge in [-0.05, 0) is 61.6 Å². The molecular weight excluding hydrogens is 433 g/mol. The number of fused-ring (bicyclic) bond motifs is 3. The van der Waals surface area contributed by atoms with Gasteiger partial charge in [0.2, 0.25) is 11.8 Å². The molecule has 3 aliphatic heterocycles. The molecule has 0 radical (unpaired) electrons. The lowest BCUT2D eigenvalue weighted by Crippen LogP contribution is -2.57. The zero-order chi connectivity index (χ0) is 23.6. The van der Waals surface area contributed by atoms with Crippen LogP contribution in [0.1, 0.15) is 56.6 Å². The van der Waals surface area contributed by atoms with E-state index >= 15 is 0 Å². The summed E-state index contributed by atoms with van der Waals surface area (Å²) in [6, 6.07) is 7.80. The van der Waals surface area contributed by atoms with E-state index in [1.54, 1.807) is 4.90 Å². The molecule has 0 spiro atoms. The van der Waals surface area contributed by atoms with Crippen molar-refractivity contribution in [3.63, 3.8) is 0 Å². The van der Waals surface area contributed by atoms with E-state index in [4.69, 9.17) is 5.73 Å². The third kappa shape index (κ3) is 3.52. The minimum Gasteiger partial charge on any atom is -0.330 e. The molecule has 5 fully saturated rings. The summed E-state index contributed by atoms with van der Waals surface area (Å²) in [7, 11) is 0. The highest BCUT2D eigenvalue weighted by molar-refractivity contribution is 5.87. The number of piperazine rings is 1. The maximum absolute atomic E-state index is 13.6. The summed E-state index contributed by atoms with van der Waals surface area (Å²) >= 11 is 0. The molecule has 34 heavy (non-hydrogen) atoms. The van der Waals surface area contributed by atoms with E-state index in [1.165, 1.54) is 25.0 Å². The van der Waals surface area contributed by atoms with E-state index in [0.29, 0.717) is 24.9 Å². The minimum absolute atomic E-state index is 0.0177. The van der Waals surface area contributed by atoms with E-state index in [9.17, 15) is 19.2 Å². The van der Waals surface area contributed by atoms with E-state index in [-0.39, 0.29) is 47.8 Å². The quantitative estimate of drug-likeness (QED) is 0.695. The standard InChI is InChI=1S/C26H32FN5O2/c27-18-7-5-16(6-8-18)24(15-3-1-2-4-15)32-20-11-23(26(32)34)30(13-20)14-21(29)25(33)31-19(12-28)9-17-10-22(17)31/h5-8,15,17,19-24H,1-4,9-11,13-14,29H2/t17-,19+,20?,21+,22+,23+,24+/m1/s1. The zero-order valence-electron chi connectivity index (χ0n) is 19.4. The molecular formula is C26H32FN5O2. The predicted octanol–water partition coefficient (Wildman–Crippen LogP) is 2.18. The highest BCUT2D eigenvalue weighted by Gasteiger charge is 2.56. The lowest BCUT2D eigenvalue weighted by molar-refractivity contribution is -0.142. The molecule has 2 N–H and O–H groups in total. The first-order valence-corrected chi connectivity index (χ1v) is 12.8. The van der Waals surface area contributed by atoms with E-state index in [0.717, 1.165) is 37.7 Å². The Labute approximate surface area is 199 Å². The average Bonchev–Trinajstić information content (AvgIpc) is 3.25. The van der Waals surface area contributed by atoms with Crippen LogP contribution in [0.3, 0.4) is 0 Å². The van der Waals surface area contributed by atoms with Crippen LogP contribution < -0.4 is 5.73 Å². The normalized spacial score (nSPS) is 34.4. The number of halogens is 1. The molecule has 5 aliphatic rings. The molecule has 1 aromatic carbocycles. The van der Waals surface area contributed by atoms with Crippen molar-refractivity contribution in [2.75, 3.05) is 13.1 Å². The molecule has 6 rings (SSSR count). The molecule has 2 aliphatic carbocycles. The first kappa shape index (κ1) is 22.0. The summed E-state index contributed by atoms with van der Waals surface area (Å²) in [5.74, 6) is 0.546. The molecule has 7 nitrogen and oxygen atoms in total. The second-order valence-corrected chi connectivity index (χ2v) is 10.9. The zero-order valence-corrected chi connectivity index (χ0v) is 19.4. The topological polar surface area (TPSA) is 93.7 Å². The molecule has 2 saturated carbocycles. The number of nitriles is 1. The van der Waals surface area contributed by atoms with Crippen molar-refractivity contribution in [1.82, 2.24) is 14.7 Å². The minimum atomic E-state index is -0.724. The van der Waals surface area contributed by atoms with E-state index in [2.05, 4.69) is 15.9 Å². The van der Waals surface area contributed by atoms with Crippen molar-refractivity contribution in [2.45, 2.75) is 81.2 Å². The molecule has 7 atom stereocenters. The van der Waals surface area contributed by atoms with Gasteiger partial charge in [-0.1, -0.05) is 25.0 Å². The van der Waals surface area contributed by atoms with Gasteiger partial charge in [0.05, 0.1) is 24.2 Å². The summed E-state index contributed by atoms with van der Waals surface area (Å²) in [5, 5.41) is 9.42. The molecule has 8 heteroatoms. The van der Waals surface area contributed by atoms with Gasteiger partial charge < -0.3 is 15.5 Å². The Bertz CT molecular complexity index is 1020. The van der Waals surface area contributed by atoms with Gasteiger partial charge in [-0.25, -0.2) is 4.39 Å². The van der Waals surface area contributed by atoms with E-state index < -0.39 is 6.04 Å². The number of rotatable bonds is 6. The molecule has 3 saturated heterocycles. The lowest BCUT2D eigenvalue weighted by Gasteiger charge is -2.42. The van der Waals surface area contributed by atoms with Crippen LogP contribution >= 0.6 is 0 Å². The summed E-state index contributed by atoms with van der Waals surface area (Å²) in [5.41, 5.74) is 7.37. The number of nitrogens with zero attached hydrogens (tertiary/aromatic N) is 4. The van der Waals surface area contributed by atoms with Crippen LogP contribution in [0, 0.1) is 29.0 Å². The van der Waals surface area contributed by atoms with Gasteiger partial charge in [-0.3, -0.25) is 14.5 Å². The van der Waals surface area contributed by atoms with Crippen molar-refractivity contribution in [2.24, 2.45) is 17.6 Å². The fourth-order valence-corrected chi connectivity index (χ4v) is 7.26. The largest absolute Gasteiger partial charge is 0.330 e. The summed E-state index contributed by atoms with van der Waals surface area (Å²) in [6.07, 6.45) is 7.00. The first-order chi connectivity index (χ1) is 16.5. The third-order valence-electron chi connectivity index (χ3n) is 8.93. The van der Waals surface area contributed by atoms with Crippen LogP contribution in [0.15, 0.2) is 24.3 Å². The van der Waals surface area contributed by atoms with Crippen LogP contribution in [0.25, 0.3) is 0 Å². The van der Waals surface area contributed by atoms with Gasteiger partial charge in [0.15, 0.2) is 0 Å². The van der Waals surface area contributed by atoms with E-state index in [1.807, 2.05) is 12.1 Å². The van der Waals surface area contributed by atoms with Gasteiger partial charge >= 0.3 is 0 Å². The number of carbonyl (C=O) groups excluding carboxylic acids is 2. The average molecular weight is 466 g/mol. The molecule has 1 unspecified atom stereocenters. The van der Waals surface area contributed by atoms with Crippen LogP contribution in [0.5, 0.6) is 0 Å². The SMILES string of the molecule is N#C[C@@H]1C[C@@H]2C[C@@H]2N1C(=O)[C@@H](N)CN1CC2C[C@H]1C(=O)N2[C@H](c1ccc(F)cc1)C1CCCC1. The number of piperidine rings is 1. The van der Waals surface area contributed by atoms with Crippen LogP contribution in [0.2, 0.25) is 0 Å². The number of hydrogen-bond donors (Lipinski definition) is 1. The summed E-state index contributed by atoms with van der Waals surface area (Å²) in [4.78, 5) is 32.5. The Morgan fingerprint density at radius 1 is 1.18 bits per heavy atom. The Hall–Kier alpha value is -2.50. The van der Waals surface area contributed by atoms with Crippen molar-refractivity contribution >= 4 is 11.8 Å². The third-order valence-corrected chi connectivity index (χ3v) is 8.93. The molecule has 3 heterocycles. The smallest absolute Gasteiger partial charge is 0.242 e. The second kappa shape index (κ2) is 8.31. The maximum Gasteiger partial charge on any atom is 0.242 e. The van der Waals surface area contributed by atoms with Gasteiger partial charge in [-0.15, -0.1) is 0 Å². The van der Waals surface area contributed by atoms with Crippen LogP contribution in [-0.4, -0.2) is 69.8 Å². The highest BCUT2D eigenvalue weighted by Crippen LogP contribution is 2.48. The monoisotopic (exact) mass is 465 g/mol. The molecule has 2 bridgehead atoms. The Kier molecular flexibility index (Phi) is 5.38. The molecule has 2 amide bonds. The Morgan fingerprint density at radius 2 is 1.91 bits per heavy atom. The highest BCUT2D eigenvalue weighted by atomic mass is 19.1. The number of amides is 2. The van der Waals surface area contributed by atoms with Gasteiger partial charge in [0, 0.05) is 25.2 Å². The second-order valence-electron chi connectivity index (χ2n) is 10.9. The van der Waals surface area contributed by atoms with Gasteiger partial charge in [0.25, 0.3) is 0 Å². The van der Waals surface area contributed by atoms with Gasteiger partial charge in [0.1, 0.15) is 11.9 Å².